The van der Waals surface area contributed by atoms with Crippen LogP contribution in [0.1, 0.15) is 23.3 Å². The number of carbonyl (C=O) groups excluding carboxylic acids is 1. The average molecular weight is 303 g/mol. The number of furan rings is 1. The van der Waals surface area contributed by atoms with Crippen LogP contribution in [0.15, 0.2) is 22.6 Å². The molecule has 1 aliphatic heterocycles. The lowest BCUT2D eigenvalue weighted by molar-refractivity contribution is -0.146. The minimum absolute atomic E-state index is 0.306. The van der Waals surface area contributed by atoms with Crippen molar-refractivity contribution < 1.29 is 19.1 Å². The normalized spacial score (nSPS) is 22.4. The molecule has 0 saturated carbocycles. The van der Waals surface area contributed by atoms with Crippen LogP contribution in [-0.4, -0.2) is 41.8 Å². The molecule has 1 aliphatic rings. The number of β-amino-alcohol motifs (C(OH)–C–C–N with tert-alkyl or cyclic N) is 1. The van der Waals surface area contributed by atoms with Gasteiger partial charge in [0.15, 0.2) is 0 Å². The fourth-order valence-electron chi connectivity index (χ4n) is 3.07. The minimum Gasteiger partial charge on any atom is -0.468 e. The van der Waals surface area contributed by atoms with Crippen LogP contribution in [0.25, 0.3) is 11.0 Å². The SMILES string of the molecule is COC(=O)[C@@H]1C[C@@H](O)CN1Cc1cc2cc(C)c(C)cc2o1. The molecule has 1 aromatic heterocycles. The number of nitrogens with zero attached hydrogens (tertiary/aromatic N) is 1. The molecule has 3 rings (SSSR count). The molecule has 5 nitrogen and oxygen atoms in total. The fraction of sp³-hybridized carbons (Fsp3) is 0.471. The summed E-state index contributed by atoms with van der Waals surface area (Å²) in [4.78, 5) is 13.7. The van der Waals surface area contributed by atoms with E-state index in [1.165, 1.54) is 18.2 Å². The second-order valence-electron chi connectivity index (χ2n) is 6.04. The quantitative estimate of drug-likeness (QED) is 0.880. The number of aliphatic hydroxyl groups excluding tert-OH is 1. The summed E-state index contributed by atoms with van der Waals surface area (Å²) < 4.78 is 10.7. The Kier molecular flexibility index (Phi) is 3.93. The van der Waals surface area contributed by atoms with E-state index in [4.69, 9.17) is 9.15 Å². The van der Waals surface area contributed by atoms with E-state index in [9.17, 15) is 9.90 Å². The Hall–Kier alpha value is -1.85. The van der Waals surface area contributed by atoms with Crippen LogP contribution in [0.4, 0.5) is 0 Å². The van der Waals surface area contributed by atoms with E-state index in [-0.39, 0.29) is 5.97 Å². The van der Waals surface area contributed by atoms with Gasteiger partial charge in [0, 0.05) is 18.4 Å². The standard InChI is InChI=1S/C17H21NO4/c1-10-4-12-6-14(22-16(12)5-11(10)2)9-18-8-13(19)7-15(18)17(20)21-3/h4-6,13,15,19H,7-9H2,1-3H3/t13-,15+/m1/s1. The van der Waals surface area contributed by atoms with Crippen molar-refractivity contribution in [1.82, 2.24) is 4.90 Å². The van der Waals surface area contributed by atoms with Gasteiger partial charge in [0.05, 0.1) is 19.8 Å². The number of likely N-dealkylation sites (tertiary alicyclic amines) is 1. The molecule has 22 heavy (non-hydrogen) atoms. The van der Waals surface area contributed by atoms with Crippen LogP contribution in [0.5, 0.6) is 0 Å². The summed E-state index contributed by atoms with van der Waals surface area (Å²) in [5, 5.41) is 10.9. The second kappa shape index (κ2) is 5.74. The zero-order valence-corrected chi connectivity index (χ0v) is 13.1. The number of benzene rings is 1. The summed E-state index contributed by atoms with van der Waals surface area (Å²) in [6.07, 6.45) is -0.0940. The van der Waals surface area contributed by atoms with Crippen LogP contribution in [0.2, 0.25) is 0 Å². The topological polar surface area (TPSA) is 62.9 Å². The van der Waals surface area contributed by atoms with E-state index in [0.717, 1.165) is 16.7 Å². The number of aliphatic hydroxyl groups is 1. The molecule has 1 N–H and O–H groups in total. The number of aryl methyl sites for hydroxylation is 2. The first-order chi connectivity index (χ1) is 10.5. The van der Waals surface area contributed by atoms with E-state index in [1.54, 1.807) is 0 Å². The highest BCUT2D eigenvalue weighted by atomic mass is 16.5. The molecule has 2 aromatic rings. The van der Waals surface area contributed by atoms with Gasteiger partial charge in [-0.2, -0.15) is 0 Å². The van der Waals surface area contributed by atoms with Crippen LogP contribution >= 0.6 is 0 Å². The van der Waals surface area contributed by atoms with Gasteiger partial charge in [0.1, 0.15) is 17.4 Å². The lowest BCUT2D eigenvalue weighted by Gasteiger charge is -2.20. The maximum Gasteiger partial charge on any atom is 0.323 e. The molecular formula is C17H21NO4. The largest absolute Gasteiger partial charge is 0.468 e. The maximum atomic E-state index is 11.8. The summed E-state index contributed by atoms with van der Waals surface area (Å²) in [5.74, 6) is 0.488. The van der Waals surface area contributed by atoms with Gasteiger partial charge < -0.3 is 14.3 Å². The monoisotopic (exact) mass is 303 g/mol. The highest BCUT2D eigenvalue weighted by Gasteiger charge is 2.37. The Bertz CT molecular complexity index is 667. The third kappa shape index (κ3) is 2.74. The van der Waals surface area contributed by atoms with Crippen molar-refractivity contribution in [1.29, 1.82) is 0 Å². The van der Waals surface area contributed by atoms with Crippen molar-refractivity contribution in [2.24, 2.45) is 0 Å². The minimum atomic E-state index is -0.502. The van der Waals surface area contributed by atoms with Crippen molar-refractivity contribution in [2.45, 2.75) is 39.0 Å². The number of ether oxygens (including phenoxy) is 1. The number of hydrogen-bond donors (Lipinski definition) is 1. The predicted octanol–water partition coefficient (Wildman–Crippen LogP) is 2.16. The van der Waals surface area contributed by atoms with Gasteiger partial charge in [-0.3, -0.25) is 9.69 Å². The number of esters is 1. The Morgan fingerprint density at radius 2 is 2.09 bits per heavy atom. The first kappa shape index (κ1) is 15.1. The highest BCUT2D eigenvalue weighted by molar-refractivity contribution is 5.80. The van der Waals surface area contributed by atoms with E-state index in [2.05, 4.69) is 19.9 Å². The summed E-state index contributed by atoms with van der Waals surface area (Å²) in [6.45, 7) is 5.07. The Morgan fingerprint density at radius 1 is 1.36 bits per heavy atom. The Labute approximate surface area is 129 Å². The van der Waals surface area contributed by atoms with Crippen LogP contribution in [-0.2, 0) is 16.1 Å². The third-order valence-electron chi connectivity index (χ3n) is 4.40. The number of hydrogen-bond acceptors (Lipinski definition) is 5. The van der Waals surface area contributed by atoms with Crippen LogP contribution in [0.3, 0.4) is 0 Å². The van der Waals surface area contributed by atoms with Crippen molar-refractivity contribution in [3.8, 4) is 0 Å². The lowest BCUT2D eigenvalue weighted by atomic mass is 10.1. The van der Waals surface area contributed by atoms with Crippen molar-refractivity contribution >= 4 is 16.9 Å². The maximum absolute atomic E-state index is 11.8. The molecule has 0 aliphatic carbocycles. The van der Waals surface area contributed by atoms with Gasteiger partial charge in [-0.25, -0.2) is 0 Å². The Morgan fingerprint density at radius 3 is 2.82 bits per heavy atom. The van der Waals surface area contributed by atoms with Crippen LogP contribution < -0.4 is 0 Å². The van der Waals surface area contributed by atoms with Gasteiger partial charge in [-0.15, -0.1) is 0 Å². The van der Waals surface area contributed by atoms with Gasteiger partial charge >= 0.3 is 5.97 Å². The van der Waals surface area contributed by atoms with Gasteiger partial charge in [-0.05, 0) is 43.2 Å². The molecule has 0 spiro atoms. The van der Waals surface area contributed by atoms with E-state index < -0.39 is 12.1 Å². The molecule has 1 fully saturated rings. The molecule has 0 radical (unpaired) electrons. The van der Waals surface area contributed by atoms with E-state index in [0.29, 0.717) is 19.5 Å². The van der Waals surface area contributed by atoms with Gasteiger partial charge in [0.2, 0.25) is 0 Å². The number of rotatable bonds is 3. The van der Waals surface area contributed by atoms with Crippen molar-refractivity contribution in [3.63, 3.8) is 0 Å². The zero-order valence-electron chi connectivity index (χ0n) is 13.1. The van der Waals surface area contributed by atoms with Crippen molar-refractivity contribution in [3.05, 3.63) is 35.1 Å². The summed E-state index contributed by atoms with van der Waals surface area (Å²) in [7, 11) is 1.37. The van der Waals surface area contributed by atoms with Gasteiger partial charge in [0.25, 0.3) is 0 Å². The summed E-state index contributed by atoms with van der Waals surface area (Å²) in [5.41, 5.74) is 3.27. The second-order valence-corrected chi connectivity index (χ2v) is 6.04. The summed E-state index contributed by atoms with van der Waals surface area (Å²) in [6, 6.07) is 5.73. The first-order valence-corrected chi connectivity index (χ1v) is 7.47. The predicted molar refractivity (Wildman–Crippen MR) is 82.5 cm³/mol. The summed E-state index contributed by atoms with van der Waals surface area (Å²) >= 11 is 0. The van der Waals surface area contributed by atoms with Crippen molar-refractivity contribution in [2.75, 3.05) is 13.7 Å². The highest BCUT2D eigenvalue weighted by Crippen LogP contribution is 2.27. The Balaban J connectivity index is 1.84. The van der Waals surface area contributed by atoms with E-state index in [1.807, 2.05) is 17.0 Å². The molecule has 0 bridgehead atoms. The molecule has 2 heterocycles. The molecule has 0 unspecified atom stereocenters. The lowest BCUT2D eigenvalue weighted by Crippen LogP contribution is -2.36. The molecule has 0 amide bonds. The van der Waals surface area contributed by atoms with Crippen LogP contribution in [0, 0.1) is 13.8 Å². The fourth-order valence-corrected chi connectivity index (χ4v) is 3.07. The molecule has 5 heteroatoms. The molecule has 1 aromatic carbocycles. The average Bonchev–Trinajstić information content (AvgIpc) is 3.02. The molecular weight excluding hydrogens is 282 g/mol. The van der Waals surface area contributed by atoms with E-state index >= 15 is 0 Å². The zero-order chi connectivity index (χ0) is 15.9. The number of fused-ring (bicyclic) bond motifs is 1. The molecule has 1 saturated heterocycles. The molecule has 2 atom stereocenters. The smallest absolute Gasteiger partial charge is 0.323 e. The number of carbonyl (C=O) groups is 1. The number of methoxy groups -OCH3 is 1. The molecule has 118 valence electrons. The van der Waals surface area contributed by atoms with Gasteiger partial charge in [-0.1, -0.05) is 0 Å². The third-order valence-corrected chi connectivity index (χ3v) is 4.40. The first-order valence-electron chi connectivity index (χ1n) is 7.47.